The highest BCUT2D eigenvalue weighted by molar-refractivity contribution is 5.80. The molecule has 0 fully saturated rings. The van der Waals surface area contributed by atoms with Gasteiger partial charge < -0.3 is 15.2 Å². The van der Waals surface area contributed by atoms with Gasteiger partial charge in [-0.25, -0.2) is 19.6 Å². The topological polar surface area (TPSA) is 111 Å². The van der Waals surface area contributed by atoms with Gasteiger partial charge in [0, 0.05) is 59.2 Å². The van der Waals surface area contributed by atoms with Crippen LogP contribution in [0.1, 0.15) is 30.4 Å². The fourth-order valence-electron chi connectivity index (χ4n) is 4.00. The highest BCUT2D eigenvalue weighted by Crippen LogP contribution is 2.33. The van der Waals surface area contributed by atoms with E-state index in [9.17, 15) is 0 Å². The lowest BCUT2D eigenvalue weighted by Gasteiger charge is -2.23. The van der Waals surface area contributed by atoms with Crippen LogP contribution >= 0.6 is 0 Å². The second-order valence-electron chi connectivity index (χ2n) is 7.97. The summed E-state index contributed by atoms with van der Waals surface area (Å²) in [6.45, 7) is 4.06. The Hall–Kier alpha value is -3.59. The molecule has 0 aromatic carbocycles. The number of aromatic nitrogens is 6. The standard InChI is InChI=1S/C23H25N7O2/c1-15(19-13-24-10-16-3-2-6-32-22(16)19)9-25-21-8-20(27-14-28-21)17-7-18-12-29-30(4-5-31)23(18)26-11-17/h7-8,10-15,31H,2-6,9H2,1H3,(H,25,27,28). The molecule has 4 aromatic rings. The van der Waals surface area contributed by atoms with Gasteiger partial charge in [0.25, 0.3) is 0 Å². The van der Waals surface area contributed by atoms with Crippen molar-refractivity contribution in [2.24, 2.45) is 0 Å². The number of nitrogens with one attached hydrogen (secondary N) is 1. The van der Waals surface area contributed by atoms with E-state index in [1.165, 1.54) is 5.56 Å². The maximum absolute atomic E-state index is 9.16. The first-order valence-corrected chi connectivity index (χ1v) is 10.8. The van der Waals surface area contributed by atoms with Crippen LogP contribution in [-0.2, 0) is 13.0 Å². The van der Waals surface area contributed by atoms with Crippen LogP contribution in [0, 0.1) is 0 Å². The quantitative estimate of drug-likeness (QED) is 0.460. The van der Waals surface area contributed by atoms with E-state index in [1.807, 2.05) is 24.5 Å². The summed E-state index contributed by atoms with van der Waals surface area (Å²) in [6.07, 6.45) is 10.9. The van der Waals surface area contributed by atoms with E-state index >= 15 is 0 Å². The van der Waals surface area contributed by atoms with Gasteiger partial charge in [-0.15, -0.1) is 0 Å². The molecule has 0 radical (unpaired) electrons. The summed E-state index contributed by atoms with van der Waals surface area (Å²) in [4.78, 5) is 17.7. The summed E-state index contributed by atoms with van der Waals surface area (Å²) in [5.41, 5.74) is 4.72. The minimum Gasteiger partial charge on any atom is -0.493 e. The van der Waals surface area contributed by atoms with Gasteiger partial charge in [0.1, 0.15) is 17.9 Å². The van der Waals surface area contributed by atoms with Crippen molar-refractivity contribution in [3.63, 3.8) is 0 Å². The fraction of sp³-hybridized carbons (Fsp3) is 0.348. The van der Waals surface area contributed by atoms with Crippen LogP contribution < -0.4 is 10.1 Å². The summed E-state index contributed by atoms with van der Waals surface area (Å²) in [7, 11) is 0. The van der Waals surface area contributed by atoms with E-state index in [1.54, 1.807) is 23.4 Å². The van der Waals surface area contributed by atoms with Gasteiger partial charge in [-0.3, -0.25) is 4.98 Å². The third kappa shape index (κ3) is 3.99. The molecule has 9 heteroatoms. The summed E-state index contributed by atoms with van der Waals surface area (Å²) >= 11 is 0. The average molecular weight is 432 g/mol. The van der Waals surface area contributed by atoms with Gasteiger partial charge in [-0.1, -0.05) is 6.92 Å². The molecule has 1 atom stereocenters. The average Bonchev–Trinajstić information content (AvgIpc) is 3.24. The molecule has 2 N–H and O–H groups in total. The third-order valence-electron chi connectivity index (χ3n) is 5.71. The Kier molecular flexibility index (Phi) is 5.64. The normalized spacial score (nSPS) is 14.1. The lowest BCUT2D eigenvalue weighted by molar-refractivity contribution is 0.271. The molecule has 0 saturated heterocycles. The molecule has 1 unspecified atom stereocenters. The minimum atomic E-state index is 0.0214. The molecule has 5 rings (SSSR count). The fourth-order valence-corrected chi connectivity index (χ4v) is 4.00. The molecule has 5 heterocycles. The minimum absolute atomic E-state index is 0.0214. The van der Waals surface area contributed by atoms with Crippen molar-refractivity contribution in [2.45, 2.75) is 32.2 Å². The summed E-state index contributed by atoms with van der Waals surface area (Å²) in [6, 6.07) is 3.92. The zero-order valence-corrected chi connectivity index (χ0v) is 17.9. The number of ether oxygens (including phenoxy) is 1. The van der Waals surface area contributed by atoms with Gasteiger partial charge in [0.2, 0.25) is 0 Å². The highest BCUT2D eigenvalue weighted by atomic mass is 16.5. The van der Waals surface area contributed by atoms with Gasteiger partial charge in [-0.2, -0.15) is 5.10 Å². The van der Waals surface area contributed by atoms with Crippen molar-refractivity contribution in [3.05, 3.63) is 54.4 Å². The Morgan fingerprint density at radius 2 is 2.09 bits per heavy atom. The zero-order chi connectivity index (χ0) is 21.9. The zero-order valence-electron chi connectivity index (χ0n) is 17.9. The summed E-state index contributed by atoms with van der Waals surface area (Å²) < 4.78 is 7.62. The maximum atomic E-state index is 9.16. The number of anilines is 1. The first kappa shape index (κ1) is 20.3. The van der Waals surface area contributed by atoms with E-state index < -0.39 is 0 Å². The van der Waals surface area contributed by atoms with E-state index in [0.29, 0.717) is 13.1 Å². The van der Waals surface area contributed by atoms with Crippen LogP contribution in [0.3, 0.4) is 0 Å². The number of aliphatic hydroxyl groups is 1. The Morgan fingerprint density at radius 1 is 1.16 bits per heavy atom. The highest BCUT2D eigenvalue weighted by Gasteiger charge is 2.19. The van der Waals surface area contributed by atoms with Crippen molar-refractivity contribution < 1.29 is 9.84 Å². The number of nitrogens with zero attached hydrogens (tertiary/aromatic N) is 6. The second-order valence-corrected chi connectivity index (χ2v) is 7.97. The number of hydrogen-bond acceptors (Lipinski definition) is 8. The molecular formula is C23H25N7O2. The van der Waals surface area contributed by atoms with Crippen LogP contribution in [0.2, 0.25) is 0 Å². The summed E-state index contributed by atoms with van der Waals surface area (Å²) in [5, 5.41) is 17.8. The molecule has 1 aliphatic heterocycles. The molecule has 0 saturated carbocycles. The maximum Gasteiger partial charge on any atom is 0.157 e. The first-order valence-electron chi connectivity index (χ1n) is 10.8. The molecule has 0 spiro atoms. The molecule has 0 aliphatic carbocycles. The Bertz CT molecular complexity index is 1240. The lowest BCUT2D eigenvalue weighted by atomic mass is 9.97. The molecule has 164 valence electrons. The number of aliphatic hydroxyl groups excluding tert-OH is 1. The number of rotatable bonds is 7. The molecule has 0 bridgehead atoms. The molecule has 0 amide bonds. The van der Waals surface area contributed by atoms with Crippen LogP contribution in [0.4, 0.5) is 5.82 Å². The van der Waals surface area contributed by atoms with Crippen molar-refractivity contribution >= 4 is 16.9 Å². The lowest BCUT2D eigenvalue weighted by Crippen LogP contribution is -2.16. The van der Waals surface area contributed by atoms with Crippen molar-refractivity contribution in [1.82, 2.24) is 29.7 Å². The van der Waals surface area contributed by atoms with E-state index in [-0.39, 0.29) is 12.5 Å². The Balaban J connectivity index is 1.32. The molecule has 32 heavy (non-hydrogen) atoms. The number of fused-ring (bicyclic) bond motifs is 2. The van der Waals surface area contributed by atoms with Crippen molar-refractivity contribution in [2.75, 3.05) is 25.1 Å². The van der Waals surface area contributed by atoms with E-state index in [4.69, 9.17) is 9.84 Å². The van der Waals surface area contributed by atoms with Crippen LogP contribution in [0.25, 0.3) is 22.3 Å². The second kappa shape index (κ2) is 8.88. The molecular weight excluding hydrogens is 406 g/mol. The van der Waals surface area contributed by atoms with Gasteiger partial charge in [0.05, 0.1) is 31.6 Å². The largest absolute Gasteiger partial charge is 0.493 e. The van der Waals surface area contributed by atoms with Crippen LogP contribution in [-0.4, -0.2) is 54.6 Å². The van der Waals surface area contributed by atoms with Gasteiger partial charge in [-0.05, 0) is 18.9 Å². The third-order valence-corrected chi connectivity index (χ3v) is 5.71. The van der Waals surface area contributed by atoms with E-state index in [0.717, 1.165) is 58.9 Å². The van der Waals surface area contributed by atoms with Crippen LogP contribution in [0.15, 0.2) is 43.2 Å². The Morgan fingerprint density at radius 3 is 3.00 bits per heavy atom. The predicted molar refractivity (Wildman–Crippen MR) is 121 cm³/mol. The monoisotopic (exact) mass is 431 g/mol. The molecule has 9 nitrogen and oxygen atoms in total. The Labute approximate surface area is 185 Å². The number of aryl methyl sites for hydroxylation is 1. The SMILES string of the molecule is CC(CNc1cc(-c2cnc3c(cnn3CCO)c2)ncn1)c1cncc2c1OCCC2. The first-order chi connectivity index (χ1) is 15.7. The van der Waals surface area contributed by atoms with Gasteiger partial charge in [0.15, 0.2) is 5.65 Å². The predicted octanol–water partition coefficient (Wildman–Crippen LogP) is 2.82. The van der Waals surface area contributed by atoms with Crippen molar-refractivity contribution in [1.29, 1.82) is 0 Å². The summed E-state index contributed by atoms with van der Waals surface area (Å²) in [5.74, 6) is 1.95. The van der Waals surface area contributed by atoms with Crippen molar-refractivity contribution in [3.8, 4) is 17.0 Å². The van der Waals surface area contributed by atoms with Crippen LogP contribution in [0.5, 0.6) is 5.75 Å². The molecule has 1 aliphatic rings. The molecule has 4 aromatic heterocycles. The number of hydrogen-bond donors (Lipinski definition) is 2. The van der Waals surface area contributed by atoms with E-state index in [2.05, 4.69) is 37.3 Å². The van der Waals surface area contributed by atoms with Gasteiger partial charge >= 0.3 is 0 Å². The number of pyridine rings is 2. The smallest absolute Gasteiger partial charge is 0.157 e.